The van der Waals surface area contributed by atoms with Crippen LogP contribution in [0.15, 0.2) is 35.4 Å². The van der Waals surface area contributed by atoms with Crippen molar-refractivity contribution in [3.8, 4) is 0 Å². The molecule has 1 aromatic carbocycles. The van der Waals surface area contributed by atoms with Crippen LogP contribution in [0.4, 0.5) is 0 Å². The lowest BCUT2D eigenvalue weighted by atomic mass is 9.33. The van der Waals surface area contributed by atoms with Crippen molar-refractivity contribution < 1.29 is 24.2 Å². The summed E-state index contributed by atoms with van der Waals surface area (Å²) in [5.41, 5.74) is 3.28. The first-order valence-electron chi connectivity index (χ1n) is 21.9. The molecule has 56 heavy (non-hydrogen) atoms. The number of esters is 1. The average molecular weight is 792 g/mol. The number of allylic oxidation sites excluding steroid dienone is 2. The van der Waals surface area contributed by atoms with Gasteiger partial charge >= 0.3 is 11.9 Å². The van der Waals surface area contributed by atoms with Gasteiger partial charge in [0.15, 0.2) is 5.78 Å². The van der Waals surface area contributed by atoms with E-state index in [0.29, 0.717) is 24.0 Å². The Hall–Kier alpha value is -2.22. The number of nitrogens with zero attached hydrogens (tertiary/aromatic N) is 2. The molecule has 7 nitrogen and oxygen atoms in total. The summed E-state index contributed by atoms with van der Waals surface area (Å²) in [6, 6.07) is 8.29. The molecule has 8 heteroatoms. The van der Waals surface area contributed by atoms with Crippen LogP contribution >= 0.6 is 11.6 Å². The van der Waals surface area contributed by atoms with Crippen molar-refractivity contribution >= 4 is 29.3 Å². The Morgan fingerprint density at radius 3 is 2.21 bits per heavy atom. The van der Waals surface area contributed by atoms with Gasteiger partial charge in [-0.2, -0.15) is 0 Å². The molecule has 0 aliphatic heterocycles. The highest BCUT2D eigenvalue weighted by atomic mass is 35.5. The van der Waals surface area contributed by atoms with Gasteiger partial charge in [-0.15, -0.1) is 0 Å². The maximum absolute atomic E-state index is 14.3. The number of carboxylic acid groups (broad SMARTS) is 1. The van der Waals surface area contributed by atoms with Crippen LogP contribution in [0.25, 0.3) is 0 Å². The first kappa shape index (κ1) is 41.9. The molecule has 310 valence electrons. The van der Waals surface area contributed by atoms with E-state index in [0.717, 1.165) is 76.1 Å². The lowest BCUT2D eigenvalue weighted by molar-refractivity contribution is -0.218. The standard InChI is InChI=1S/C48H71ClN2O5/c1-31(2)39-35(52)27-47(23-24-51(26-25-50(9)10)29-32-11-13-33(49)14-12-32)21-19-43(5)34(40(39)47)15-16-36-44(43,6)20-22-48-30-46(48,8)37(17-18-45(36,48)7)56-38(53)28-42(3,4)41(54)55/h11-14,31,34,36-37H,15-30H2,1-10H3,(H,54,55)/t34-,36+,37+,43-,44-,45-,46?,47-,48+/m1/s1. The average Bonchev–Trinajstić information content (AvgIpc) is 3.65. The normalized spacial score (nSPS) is 38.9. The summed E-state index contributed by atoms with van der Waals surface area (Å²) in [5, 5.41) is 10.4. The zero-order valence-corrected chi connectivity index (χ0v) is 37.0. The summed E-state index contributed by atoms with van der Waals surface area (Å²) in [7, 11) is 4.29. The van der Waals surface area contributed by atoms with Crippen molar-refractivity contribution in [2.75, 3.05) is 33.7 Å². The van der Waals surface area contributed by atoms with E-state index in [9.17, 15) is 19.5 Å². The van der Waals surface area contributed by atoms with Crippen molar-refractivity contribution in [1.82, 2.24) is 9.80 Å². The number of hydrogen-bond acceptors (Lipinski definition) is 6. The van der Waals surface area contributed by atoms with Crippen molar-refractivity contribution in [2.24, 2.45) is 55.7 Å². The van der Waals surface area contributed by atoms with E-state index >= 15 is 0 Å². The summed E-state index contributed by atoms with van der Waals surface area (Å²) in [6.45, 7) is 21.8. The third-order valence-corrected chi connectivity index (χ3v) is 18.3. The van der Waals surface area contributed by atoms with E-state index in [1.807, 2.05) is 12.1 Å². The SMILES string of the molecule is CC(C)C1=C2[C@H]3CC[C@@H]4[C@@]5(C)CC[C@H](OC(=O)CC(C)(C)C(=O)O)C6(C)C[C@]65CC[C@@]4(C)[C@]3(C)CC[C@@]2(CCN(CCN(C)C)Cc2ccc(Cl)cc2)CC1=O. The maximum atomic E-state index is 14.3. The second-order valence-electron chi connectivity index (χ2n) is 21.8. The van der Waals surface area contributed by atoms with E-state index in [2.05, 4.69) is 77.6 Å². The number of carbonyl (C=O) groups excluding carboxylic acids is 2. The van der Waals surface area contributed by atoms with Crippen LogP contribution in [-0.2, 0) is 25.7 Å². The molecule has 1 unspecified atom stereocenters. The second-order valence-corrected chi connectivity index (χ2v) is 22.2. The molecule has 1 spiro atoms. The van der Waals surface area contributed by atoms with Gasteiger partial charge in [-0.05, 0) is 161 Å². The van der Waals surface area contributed by atoms with Gasteiger partial charge in [0.2, 0.25) is 0 Å². The number of hydrogen-bond donors (Lipinski definition) is 1. The van der Waals surface area contributed by atoms with Crippen LogP contribution < -0.4 is 0 Å². The number of Topliss-reactive ketones (excluding diaryl/α,β-unsaturated/α-hetero) is 1. The van der Waals surface area contributed by atoms with Crippen LogP contribution in [0.3, 0.4) is 0 Å². The van der Waals surface area contributed by atoms with Gasteiger partial charge in [0.25, 0.3) is 0 Å². The van der Waals surface area contributed by atoms with Gasteiger partial charge in [0.05, 0.1) is 11.8 Å². The lowest BCUT2D eigenvalue weighted by Gasteiger charge is -2.71. The minimum absolute atomic E-state index is 0.0631. The van der Waals surface area contributed by atoms with Gasteiger partial charge in [0, 0.05) is 41.9 Å². The molecule has 7 rings (SSSR count). The number of rotatable bonds is 13. The predicted octanol–water partition coefficient (Wildman–Crippen LogP) is 10.2. The second kappa shape index (κ2) is 14.2. The zero-order chi connectivity index (χ0) is 40.9. The molecule has 0 aromatic heterocycles. The number of halogens is 1. The molecular formula is C48H71ClN2O5. The fourth-order valence-corrected chi connectivity index (χ4v) is 14.6. The Morgan fingerprint density at radius 2 is 1.57 bits per heavy atom. The van der Waals surface area contributed by atoms with E-state index in [4.69, 9.17) is 16.3 Å². The van der Waals surface area contributed by atoms with Gasteiger partial charge in [0.1, 0.15) is 6.10 Å². The smallest absolute Gasteiger partial charge is 0.309 e. The molecule has 6 aliphatic carbocycles. The summed E-state index contributed by atoms with van der Waals surface area (Å²) in [6.07, 6.45) is 11.3. The van der Waals surface area contributed by atoms with Crippen molar-refractivity contribution in [2.45, 2.75) is 145 Å². The minimum atomic E-state index is -1.14. The summed E-state index contributed by atoms with van der Waals surface area (Å²) >= 11 is 6.26. The van der Waals surface area contributed by atoms with Crippen LogP contribution in [0.1, 0.15) is 138 Å². The van der Waals surface area contributed by atoms with Crippen molar-refractivity contribution in [1.29, 1.82) is 0 Å². The number of fused-ring (bicyclic) bond motifs is 6. The predicted molar refractivity (Wildman–Crippen MR) is 223 cm³/mol. The number of aliphatic carboxylic acids is 1. The molecule has 0 amide bonds. The first-order chi connectivity index (χ1) is 26.1. The van der Waals surface area contributed by atoms with Crippen LogP contribution in [0.5, 0.6) is 0 Å². The highest BCUT2D eigenvalue weighted by Gasteiger charge is 2.82. The van der Waals surface area contributed by atoms with Crippen LogP contribution in [0.2, 0.25) is 5.02 Å². The fraction of sp³-hybridized carbons (Fsp3) is 0.771. The first-order valence-corrected chi connectivity index (χ1v) is 22.3. The zero-order valence-electron chi connectivity index (χ0n) is 36.3. The Bertz CT molecular complexity index is 1770. The monoisotopic (exact) mass is 791 g/mol. The van der Waals surface area contributed by atoms with E-state index < -0.39 is 11.4 Å². The summed E-state index contributed by atoms with van der Waals surface area (Å²) in [5.74, 6) is 0.287. The number of carbonyl (C=O) groups is 3. The summed E-state index contributed by atoms with van der Waals surface area (Å²) in [4.78, 5) is 44.1. The molecule has 0 bridgehead atoms. The molecule has 1 aromatic rings. The van der Waals surface area contributed by atoms with Crippen LogP contribution in [-0.4, -0.2) is 72.5 Å². The van der Waals surface area contributed by atoms with E-state index in [1.54, 1.807) is 19.4 Å². The largest absolute Gasteiger partial charge is 0.481 e. The van der Waals surface area contributed by atoms with Gasteiger partial charge in [-0.3, -0.25) is 19.3 Å². The number of ketones is 1. The third-order valence-electron chi connectivity index (χ3n) is 18.0. The van der Waals surface area contributed by atoms with Gasteiger partial charge in [-0.1, -0.05) is 70.8 Å². The highest BCUT2D eigenvalue weighted by molar-refractivity contribution is 6.30. The molecule has 6 aliphatic rings. The van der Waals surface area contributed by atoms with Gasteiger partial charge < -0.3 is 14.7 Å². The quantitative estimate of drug-likeness (QED) is 0.199. The third kappa shape index (κ3) is 6.37. The van der Waals surface area contributed by atoms with E-state index in [-0.39, 0.29) is 56.9 Å². The molecule has 0 saturated heterocycles. The number of ether oxygens (including phenoxy) is 1. The Labute approximate surface area is 342 Å². The molecule has 5 saturated carbocycles. The maximum Gasteiger partial charge on any atom is 0.309 e. The molecule has 5 fully saturated rings. The van der Waals surface area contributed by atoms with Gasteiger partial charge in [-0.25, -0.2) is 0 Å². The fourth-order valence-electron chi connectivity index (χ4n) is 14.5. The van der Waals surface area contributed by atoms with E-state index in [1.165, 1.54) is 30.4 Å². The molecule has 9 atom stereocenters. The number of likely N-dealkylation sites (N-methyl/N-ethyl adjacent to an activating group) is 1. The Morgan fingerprint density at radius 1 is 0.893 bits per heavy atom. The number of carboxylic acids is 1. The molecule has 1 N–H and O–H groups in total. The minimum Gasteiger partial charge on any atom is -0.481 e. The van der Waals surface area contributed by atoms with Crippen LogP contribution in [0, 0.1) is 55.7 Å². The molecule has 0 radical (unpaired) electrons. The topological polar surface area (TPSA) is 87.2 Å². The van der Waals surface area contributed by atoms with Crippen molar-refractivity contribution in [3.63, 3.8) is 0 Å². The van der Waals surface area contributed by atoms with Crippen molar-refractivity contribution in [3.05, 3.63) is 46.0 Å². The Kier molecular flexibility index (Phi) is 10.6. The highest BCUT2D eigenvalue weighted by Crippen LogP contribution is 2.87. The Balaban J connectivity index is 1.14. The number of benzene rings is 1. The lowest BCUT2D eigenvalue weighted by Crippen LogP contribution is -2.64. The molecule has 0 heterocycles. The summed E-state index contributed by atoms with van der Waals surface area (Å²) < 4.78 is 6.25. The molecular weight excluding hydrogens is 720 g/mol.